The summed E-state index contributed by atoms with van der Waals surface area (Å²) in [5, 5.41) is 0. The lowest BCUT2D eigenvalue weighted by molar-refractivity contribution is -0.132. The van der Waals surface area contributed by atoms with Gasteiger partial charge in [0.2, 0.25) is 5.91 Å². The third-order valence-electron chi connectivity index (χ3n) is 4.03. The monoisotopic (exact) mass is 274 g/mol. The number of ether oxygens (including phenoxy) is 1. The minimum absolute atomic E-state index is 0.340. The van der Waals surface area contributed by atoms with Crippen molar-refractivity contribution in [2.45, 2.75) is 19.8 Å². The molecule has 2 aliphatic rings. The van der Waals surface area contributed by atoms with E-state index in [2.05, 4.69) is 17.0 Å². The molecule has 2 fully saturated rings. The number of hydrogen-bond acceptors (Lipinski definition) is 3. The van der Waals surface area contributed by atoms with E-state index in [1.165, 1.54) is 5.69 Å². The Balaban J connectivity index is 1.55. The summed E-state index contributed by atoms with van der Waals surface area (Å²) in [6, 6.07) is 8.23. The van der Waals surface area contributed by atoms with Crippen LogP contribution in [0.1, 0.15) is 19.8 Å². The average molecular weight is 274 g/mol. The van der Waals surface area contributed by atoms with Crippen molar-refractivity contribution in [3.05, 3.63) is 24.3 Å². The zero-order chi connectivity index (χ0) is 13.9. The molecule has 0 N–H and O–H groups in total. The largest absolute Gasteiger partial charge is 0.494 e. The number of piperazine rings is 1. The van der Waals surface area contributed by atoms with Crippen LogP contribution in [0.2, 0.25) is 0 Å². The van der Waals surface area contributed by atoms with E-state index in [0.29, 0.717) is 18.4 Å². The molecule has 0 radical (unpaired) electrons. The second kappa shape index (κ2) is 5.73. The molecule has 1 saturated heterocycles. The number of rotatable bonds is 4. The fourth-order valence-electron chi connectivity index (χ4n) is 2.69. The van der Waals surface area contributed by atoms with Gasteiger partial charge in [-0.3, -0.25) is 4.79 Å². The predicted molar refractivity (Wildman–Crippen MR) is 79.1 cm³/mol. The second-order valence-corrected chi connectivity index (χ2v) is 5.51. The highest BCUT2D eigenvalue weighted by Crippen LogP contribution is 2.31. The SMILES string of the molecule is CCOc1ccc(N2CCN(C(=O)C3CC3)CC2)cc1. The zero-order valence-electron chi connectivity index (χ0n) is 12.0. The summed E-state index contributed by atoms with van der Waals surface area (Å²) < 4.78 is 5.46. The van der Waals surface area contributed by atoms with E-state index in [4.69, 9.17) is 4.74 Å². The van der Waals surface area contributed by atoms with Crippen LogP contribution < -0.4 is 9.64 Å². The Kier molecular flexibility index (Phi) is 3.81. The van der Waals surface area contributed by atoms with Gasteiger partial charge in [0.05, 0.1) is 6.61 Å². The van der Waals surface area contributed by atoms with E-state index >= 15 is 0 Å². The van der Waals surface area contributed by atoms with Gasteiger partial charge in [-0.25, -0.2) is 0 Å². The van der Waals surface area contributed by atoms with Crippen LogP contribution in [0.15, 0.2) is 24.3 Å². The van der Waals surface area contributed by atoms with Crippen molar-refractivity contribution in [1.29, 1.82) is 0 Å². The summed E-state index contributed by atoms with van der Waals surface area (Å²) in [7, 11) is 0. The first kappa shape index (κ1) is 13.3. The highest BCUT2D eigenvalue weighted by Gasteiger charge is 2.34. The highest BCUT2D eigenvalue weighted by molar-refractivity contribution is 5.81. The molecule has 1 aromatic rings. The molecular formula is C16H22N2O2. The maximum atomic E-state index is 12.0. The van der Waals surface area contributed by atoms with Crippen molar-refractivity contribution in [2.75, 3.05) is 37.7 Å². The average Bonchev–Trinajstić information content (AvgIpc) is 3.33. The normalized spacial score (nSPS) is 19.1. The van der Waals surface area contributed by atoms with Crippen LogP contribution in [0, 0.1) is 5.92 Å². The molecule has 0 aromatic heterocycles. The molecule has 108 valence electrons. The van der Waals surface area contributed by atoms with Crippen LogP contribution in [-0.4, -0.2) is 43.6 Å². The molecule has 4 heteroatoms. The quantitative estimate of drug-likeness (QED) is 0.843. The molecule has 0 unspecified atom stereocenters. The van der Waals surface area contributed by atoms with Crippen molar-refractivity contribution < 1.29 is 9.53 Å². The Morgan fingerprint density at radius 3 is 2.35 bits per heavy atom. The van der Waals surface area contributed by atoms with Gasteiger partial charge in [-0.05, 0) is 44.0 Å². The third-order valence-corrected chi connectivity index (χ3v) is 4.03. The summed E-state index contributed by atoms with van der Waals surface area (Å²) in [6.45, 7) is 6.23. The Morgan fingerprint density at radius 1 is 1.15 bits per heavy atom. The first-order valence-electron chi connectivity index (χ1n) is 7.54. The van der Waals surface area contributed by atoms with Crippen LogP contribution in [0.3, 0.4) is 0 Å². The number of benzene rings is 1. The standard InChI is InChI=1S/C16H22N2O2/c1-2-20-15-7-5-14(6-8-15)17-9-11-18(12-10-17)16(19)13-3-4-13/h5-8,13H,2-4,9-12H2,1H3. The van der Waals surface area contributed by atoms with Crippen molar-refractivity contribution >= 4 is 11.6 Å². The maximum Gasteiger partial charge on any atom is 0.225 e. The Labute approximate surface area is 120 Å². The molecule has 20 heavy (non-hydrogen) atoms. The molecule has 1 heterocycles. The van der Waals surface area contributed by atoms with E-state index < -0.39 is 0 Å². The Bertz CT molecular complexity index is 460. The lowest BCUT2D eigenvalue weighted by Crippen LogP contribution is -2.49. The minimum atomic E-state index is 0.340. The van der Waals surface area contributed by atoms with Crippen molar-refractivity contribution in [3.8, 4) is 5.75 Å². The van der Waals surface area contributed by atoms with Gasteiger partial charge in [-0.2, -0.15) is 0 Å². The van der Waals surface area contributed by atoms with E-state index in [1.807, 2.05) is 24.0 Å². The van der Waals surface area contributed by atoms with Crippen molar-refractivity contribution in [3.63, 3.8) is 0 Å². The van der Waals surface area contributed by atoms with E-state index in [-0.39, 0.29) is 0 Å². The molecule has 1 aromatic carbocycles. The Hall–Kier alpha value is -1.71. The second-order valence-electron chi connectivity index (χ2n) is 5.51. The van der Waals surface area contributed by atoms with E-state index in [1.54, 1.807) is 0 Å². The van der Waals surface area contributed by atoms with Gasteiger partial charge in [-0.15, -0.1) is 0 Å². The van der Waals surface area contributed by atoms with Gasteiger partial charge >= 0.3 is 0 Å². The predicted octanol–water partition coefficient (Wildman–Crippen LogP) is 2.14. The summed E-state index contributed by atoms with van der Waals surface area (Å²) >= 11 is 0. The fourth-order valence-corrected chi connectivity index (χ4v) is 2.69. The summed E-state index contributed by atoms with van der Waals surface area (Å²) in [5.74, 6) is 1.63. The molecule has 1 saturated carbocycles. The molecule has 0 bridgehead atoms. The lowest BCUT2D eigenvalue weighted by Gasteiger charge is -2.36. The summed E-state index contributed by atoms with van der Waals surface area (Å²) in [4.78, 5) is 16.4. The lowest BCUT2D eigenvalue weighted by atomic mass is 10.2. The van der Waals surface area contributed by atoms with Gasteiger partial charge in [-0.1, -0.05) is 0 Å². The van der Waals surface area contributed by atoms with Crippen LogP contribution >= 0.6 is 0 Å². The van der Waals surface area contributed by atoms with E-state index in [0.717, 1.165) is 44.8 Å². The van der Waals surface area contributed by atoms with E-state index in [9.17, 15) is 4.79 Å². The maximum absolute atomic E-state index is 12.0. The first-order valence-corrected chi connectivity index (χ1v) is 7.54. The number of nitrogens with zero attached hydrogens (tertiary/aromatic N) is 2. The molecule has 0 atom stereocenters. The molecule has 1 aliphatic heterocycles. The van der Waals surface area contributed by atoms with Gasteiger partial charge in [0.15, 0.2) is 0 Å². The van der Waals surface area contributed by atoms with Crippen LogP contribution in [-0.2, 0) is 4.79 Å². The topological polar surface area (TPSA) is 32.8 Å². The molecular weight excluding hydrogens is 252 g/mol. The van der Waals surface area contributed by atoms with Gasteiger partial charge < -0.3 is 14.5 Å². The molecule has 1 amide bonds. The molecule has 0 spiro atoms. The van der Waals surface area contributed by atoms with Gasteiger partial charge in [0.1, 0.15) is 5.75 Å². The number of amides is 1. The molecule has 1 aliphatic carbocycles. The molecule has 3 rings (SSSR count). The number of hydrogen-bond donors (Lipinski definition) is 0. The molecule has 4 nitrogen and oxygen atoms in total. The summed E-state index contributed by atoms with van der Waals surface area (Å²) in [5.41, 5.74) is 1.21. The fraction of sp³-hybridized carbons (Fsp3) is 0.562. The van der Waals surface area contributed by atoms with Gasteiger partial charge in [0, 0.05) is 37.8 Å². The van der Waals surface area contributed by atoms with Crippen LogP contribution in [0.25, 0.3) is 0 Å². The number of carbonyl (C=O) groups is 1. The highest BCUT2D eigenvalue weighted by atomic mass is 16.5. The zero-order valence-corrected chi connectivity index (χ0v) is 12.0. The summed E-state index contributed by atoms with van der Waals surface area (Å²) in [6.07, 6.45) is 2.19. The van der Waals surface area contributed by atoms with Gasteiger partial charge in [0.25, 0.3) is 0 Å². The number of carbonyl (C=O) groups excluding carboxylic acids is 1. The van der Waals surface area contributed by atoms with Crippen LogP contribution in [0.5, 0.6) is 5.75 Å². The smallest absolute Gasteiger partial charge is 0.225 e. The first-order chi connectivity index (χ1) is 9.78. The number of anilines is 1. The third kappa shape index (κ3) is 2.89. The Morgan fingerprint density at radius 2 is 1.80 bits per heavy atom. The minimum Gasteiger partial charge on any atom is -0.494 e. The van der Waals surface area contributed by atoms with Crippen molar-refractivity contribution in [1.82, 2.24) is 4.90 Å². The van der Waals surface area contributed by atoms with Crippen LogP contribution in [0.4, 0.5) is 5.69 Å². The van der Waals surface area contributed by atoms with Crippen molar-refractivity contribution in [2.24, 2.45) is 5.92 Å².